The van der Waals surface area contributed by atoms with Crippen molar-refractivity contribution in [1.29, 1.82) is 0 Å². The molecule has 1 aromatic carbocycles. The van der Waals surface area contributed by atoms with Gasteiger partial charge in [-0.1, -0.05) is 29.5 Å². The van der Waals surface area contributed by atoms with Crippen LogP contribution in [0.25, 0.3) is 10.8 Å². The number of nitrogens with zero attached hydrogens (tertiary/aromatic N) is 3. The van der Waals surface area contributed by atoms with Gasteiger partial charge in [0.25, 0.3) is 11.5 Å². The third kappa shape index (κ3) is 2.99. The summed E-state index contributed by atoms with van der Waals surface area (Å²) in [6.07, 6.45) is 1.52. The van der Waals surface area contributed by atoms with Crippen molar-refractivity contribution in [2.75, 3.05) is 12.4 Å². The second-order valence-corrected chi connectivity index (χ2v) is 5.95. The maximum atomic E-state index is 12.5. The molecular formula is C15H14N4O3S. The highest BCUT2D eigenvalue weighted by Crippen LogP contribution is 2.19. The summed E-state index contributed by atoms with van der Waals surface area (Å²) in [5, 5.41) is 12.7. The fourth-order valence-corrected chi connectivity index (χ4v) is 2.95. The molecule has 0 bridgehead atoms. The lowest BCUT2D eigenvalue weighted by atomic mass is 10.1. The van der Waals surface area contributed by atoms with Gasteiger partial charge in [0.15, 0.2) is 0 Å². The summed E-state index contributed by atoms with van der Waals surface area (Å²) < 4.78 is 6.37. The summed E-state index contributed by atoms with van der Waals surface area (Å²) in [7, 11) is 3.18. The van der Waals surface area contributed by atoms with Crippen molar-refractivity contribution in [1.82, 2.24) is 14.8 Å². The molecule has 0 spiro atoms. The van der Waals surface area contributed by atoms with Crippen LogP contribution in [0.1, 0.15) is 15.4 Å². The van der Waals surface area contributed by atoms with E-state index in [0.717, 1.165) is 0 Å². The first-order valence-corrected chi connectivity index (χ1v) is 7.63. The number of fused-ring (bicyclic) bond motifs is 1. The minimum atomic E-state index is -0.336. The first-order valence-electron chi connectivity index (χ1n) is 6.81. The number of hydrogen-bond donors (Lipinski definition) is 1. The number of benzene rings is 1. The number of aromatic nitrogens is 3. The number of hydrogen-bond acceptors (Lipinski definition) is 6. The number of rotatable bonds is 4. The van der Waals surface area contributed by atoms with Crippen molar-refractivity contribution in [2.24, 2.45) is 7.05 Å². The minimum Gasteiger partial charge on any atom is -0.377 e. The van der Waals surface area contributed by atoms with Gasteiger partial charge >= 0.3 is 0 Å². The molecule has 2 heterocycles. The first kappa shape index (κ1) is 15.3. The van der Waals surface area contributed by atoms with E-state index in [1.54, 1.807) is 38.4 Å². The molecule has 0 aliphatic heterocycles. The maximum Gasteiger partial charge on any atom is 0.259 e. The summed E-state index contributed by atoms with van der Waals surface area (Å²) in [4.78, 5) is 24.7. The zero-order valence-electron chi connectivity index (χ0n) is 12.6. The van der Waals surface area contributed by atoms with Crippen LogP contribution in [0.5, 0.6) is 0 Å². The standard InChI is InChI=1S/C15H14N4O3S/c1-19-7-11(9-5-3-4-6-10(9)14(19)21)13(20)16-15-18-17-12(23-15)8-22-2/h3-7H,8H2,1-2H3,(H,16,18,20). The Labute approximate surface area is 135 Å². The molecule has 2 aromatic heterocycles. The van der Waals surface area contributed by atoms with Crippen LogP contribution in [0.4, 0.5) is 5.13 Å². The van der Waals surface area contributed by atoms with Gasteiger partial charge in [-0.15, -0.1) is 10.2 Å². The third-order valence-electron chi connectivity index (χ3n) is 3.29. The van der Waals surface area contributed by atoms with Gasteiger partial charge in [-0.25, -0.2) is 0 Å². The Kier molecular flexibility index (Phi) is 4.18. The van der Waals surface area contributed by atoms with Crippen LogP contribution in [0, 0.1) is 0 Å². The normalized spacial score (nSPS) is 10.9. The molecule has 0 aliphatic carbocycles. The van der Waals surface area contributed by atoms with Crippen molar-refractivity contribution < 1.29 is 9.53 Å². The molecule has 1 N–H and O–H groups in total. The van der Waals surface area contributed by atoms with Crippen molar-refractivity contribution in [3.8, 4) is 0 Å². The second kappa shape index (κ2) is 6.27. The van der Waals surface area contributed by atoms with Gasteiger partial charge in [0.1, 0.15) is 11.6 Å². The molecule has 0 unspecified atom stereocenters. The van der Waals surface area contributed by atoms with Crippen molar-refractivity contribution in [3.05, 3.63) is 51.4 Å². The summed E-state index contributed by atoms with van der Waals surface area (Å²) in [5.74, 6) is -0.336. The molecule has 0 atom stereocenters. The Hall–Kier alpha value is -2.58. The highest BCUT2D eigenvalue weighted by molar-refractivity contribution is 7.15. The molecule has 8 heteroatoms. The number of amides is 1. The number of carbonyl (C=O) groups is 1. The number of pyridine rings is 1. The predicted molar refractivity (Wildman–Crippen MR) is 87.8 cm³/mol. The SMILES string of the molecule is COCc1nnc(NC(=O)c2cn(C)c(=O)c3ccccc23)s1. The van der Waals surface area contributed by atoms with E-state index in [9.17, 15) is 9.59 Å². The first-order chi connectivity index (χ1) is 11.1. The zero-order valence-corrected chi connectivity index (χ0v) is 13.4. The van der Waals surface area contributed by atoms with E-state index in [0.29, 0.717) is 33.1 Å². The van der Waals surface area contributed by atoms with Crippen LogP contribution in [-0.2, 0) is 18.4 Å². The number of aryl methyl sites for hydroxylation is 1. The van der Waals surface area contributed by atoms with E-state index < -0.39 is 0 Å². The van der Waals surface area contributed by atoms with Crippen LogP contribution < -0.4 is 10.9 Å². The second-order valence-electron chi connectivity index (χ2n) is 4.89. The van der Waals surface area contributed by atoms with E-state index in [2.05, 4.69) is 15.5 Å². The lowest BCUT2D eigenvalue weighted by Crippen LogP contribution is -2.21. The lowest BCUT2D eigenvalue weighted by molar-refractivity contribution is 0.102. The van der Waals surface area contributed by atoms with Crippen LogP contribution in [0.2, 0.25) is 0 Å². The van der Waals surface area contributed by atoms with E-state index in [4.69, 9.17) is 4.74 Å². The van der Waals surface area contributed by atoms with E-state index in [1.807, 2.05) is 0 Å². The molecule has 3 rings (SSSR count). The molecule has 7 nitrogen and oxygen atoms in total. The van der Waals surface area contributed by atoms with Gasteiger partial charge in [-0.2, -0.15) is 0 Å². The number of ether oxygens (including phenoxy) is 1. The third-order valence-corrected chi connectivity index (χ3v) is 4.10. The fraction of sp³-hybridized carbons (Fsp3) is 0.200. The van der Waals surface area contributed by atoms with Crippen LogP contribution in [0.15, 0.2) is 35.3 Å². The van der Waals surface area contributed by atoms with Gasteiger partial charge in [0.2, 0.25) is 5.13 Å². The number of methoxy groups -OCH3 is 1. The number of carbonyl (C=O) groups excluding carboxylic acids is 1. The van der Waals surface area contributed by atoms with Crippen molar-refractivity contribution in [3.63, 3.8) is 0 Å². The quantitative estimate of drug-likeness (QED) is 0.788. The molecular weight excluding hydrogens is 316 g/mol. The molecule has 0 radical (unpaired) electrons. The molecule has 118 valence electrons. The van der Waals surface area contributed by atoms with Gasteiger partial charge in [-0.05, 0) is 6.07 Å². The molecule has 0 saturated carbocycles. The van der Waals surface area contributed by atoms with Crippen molar-refractivity contribution >= 4 is 33.1 Å². The molecule has 0 fully saturated rings. The smallest absolute Gasteiger partial charge is 0.259 e. The largest absolute Gasteiger partial charge is 0.377 e. The van der Waals surface area contributed by atoms with Crippen LogP contribution >= 0.6 is 11.3 Å². The molecule has 23 heavy (non-hydrogen) atoms. The predicted octanol–water partition coefficient (Wildman–Crippen LogP) is 1.79. The fourth-order valence-electron chi connectivity index (χ4n) is 2.25. The highest BCUT2D eigenvalue weighted by atomic mass is 32.1. The van der Waals surface area contributed by atoms with Crippen LogP contribution in [0.3, 0.4) is 0 Å². The monoisotopic (exact) mass is 330 g/mol. The van der Waals surface area contributed by atoms with E-state index >= 15 is 0 Å². The maximum absolute atomic E-state index is 12.5. The Bertz CT molecular complexity index is 932. The van der Waals surface area contributed by atoms with E-state index in [-0.39, 0.29) is 11.5 Å². The number of nitrogens with one attached hydrogen (secondary N) is 1. The topological polar surface area (TPSA) is 86.1 Å². The Morgan fingerprint density at radius 2 is 2.04 bits per heavy atom. The zero-order chi connectivity index (χ0) is 16.4. The summed E-state index contributed by atoms with van der Waals surface area (Å²) in [5.41, 5.74) is 0.265. The van der Waals surface area contributed by atoms with Crippen molar-refractivity contribution in [2.45, 2.75) is 6.61 Å². The van der Waals surface area contributed by atoms with E-state index in [1.165, 1.54) is 22.1 Å². The summed E-state index contributed by atoms with van der Waals surface area (Å²) in [6.45, 7) is 0.344. The molecule has 1 amide bonds. The summed E-state index contributed by atoms with van der Waals surface area (Å²) >= 11 is 1.25. The van der Waals surface area contributed by atoms with Gasteiger partial charge < -0.3 is 9.30 Å². The Morgan fingerprint density at radius 1 is 1.30 bits per heavy atom. The van der Waals surface area contributed by atoms with Crippen LogP contribution in [-0.4, -0.2) is 27.8 Å². The average molecular weight is 330 g/mol. The molecule has 0 saturated heterocycles. The van der Waals surface area contributed by atoms with Gasteiger partial charge in [0, 0.05) is 31.1 Å². The number of anilines is 1. The Morgan fingerprint density at radius 3 is 2.78 bits per heavy atom. The lowest BCUT2D eigenvalue weighted by Gasteiger charge is -2.08. The summed E-state index contributed by atoms with van der Waals surface area (Å²) in [6, 6.07) is 7.02. The highest BCUT2D eigenvalue weighted by Gasteiger charge is 2.15. The molecule has 3 aromatic rings. The molecule has 0 aliphatic rings. The van der Waals surface area contributed by atoms with Gasteiger partial charge in [0.05, 0.1) is 5.56 Å². The Balaban J connectivity index is 1.97. The average Bonchev–Trinajstić information content (AvgIpc) is 2.98. The minimum absolute atomic E-state index is 0.143. The van der Waals surface area contributed by atoms with Gasteiger partial charge in [-0.3, -0.25) is 14.9 Å².